The van der Waals surface area contributed by atoms with Crippen LogP contribution >= 0.6 is 22.9 Å². The Labute approximate surface area is 227 Å². The zero-order chi connectivity index (χ0) is 26.4. The number of carbonyl (C=O) groups excluding carboxylic acids is 2. The highest BCUT2D eigenvalue weighted by Gasteiger charge is 2.37. The van der Waals surface area contributed by atoms with Crippen LogP contribution in [-0.2, 0) is 6.42 Å². The largest absolute Gasteiger partial charge is 0.383 e. The number of hydrogen-bond donors (Lipinski definition) is 2. The third-order valence-corrected chi connectivity index (χ3v) is 7.99. The van der Waals surface area contributed by atoms with Crippen molar-refractivity contribution >= 4 is 56.9 Å². The second-order valence-electron chi connectivity index (χ2n) is 9.45. The third-order valence-electron chi connectivity index (χ3n) is 6.82. The highest BCUT2D eigenvalue weighted by molar-refractivity contribution is 7.09. The van der Waals surface area contributed by atoms with Gasteiger partial charge in [-0.2, -0.15) is 0 Å². The molecule has 0 bridgehead atoms. The predicted octanol–water partition coefficient (Wildman–Crippen LogP) is 4.30. The quantitative estimate of drug-likeness (QED) is 0.304. The van der Waals surface area contributed by atoms with Crippen LogP contribution in [0.1, 0.15) is 50.4 Å². The summed E-state index contributed by atoms with van der Waals surface area (Å²) in [5.74, 6) is 0.224. The first-order chi connectivity index (χ1) is 18.4. The Bertz CT molecular complexity index is 1700. The van der Waals surface area contributed by atoms with Crippen molar-refractivity contribution in [2.24, 2.45) is 5.73 Å². The number of benzene rings is 1. The van der Waals surface area contributed by atoms with Crippen molar-refractivity contribution in [3.8, 4) is 0 Å². The zero-order valence-electron chi connectivity index (χ0n) is 20.3. The number of aryl methyl sites for hydroxylation is 1. The van der Waals surface area contributed by atoms with Crippen molar-refractivity contribution in [1.82, 2.24) is 24.3 Å². The number of halogens is 1. The van der Waals surface area contributed by atoms with Crippen LogP contribution < -0.4 is 11.5 Å². The molecular weight excluding hydrogens is 522 g/mol. The molecule has 0 saturated carbocycles. The predicted molar refractivity (Wildman–Crippen MR) is 147 cm³/mol. The number of rotatable bonds is 6. The summed E-state index contributed by atoms with van der Waals surface area (Å²) in [5.41, 5.74) is 14.6. The maximum Gasteiger partial charge on any atom is 0.274 e. The molecule has 4 N–H and O–H groups in total. The fourth-order valence-corrected chi connectivity index (χ4v) is 6.02. The molecule has 9 nitrogen and oxygen atoms in total. The number of nitrogens with zero attached hydrogens (tertiary/aromatic N) is 5. The van der Waals surface area contributed by atoms with E-state index in [9.17, 15) is 9.59 Å². The Morgan fingerprint density at radius 2 is 1.97 bits per heavy atom. The van der Waals surface area contributed by atoms with Crippen LogP contribution in [0.15, 0.2) is 60.4 Å². The van der Waals surface area contributed by atoms with Gasteiger partial charge in [0, 0.05) is 48.4 Å². The van der Waals surface area contributed by atoms with Crippen LogP contribution in [0.4, 0.5) is 5.82 Å². The molecule has 0 spiro atoms. The van der Waals surface area contributed by atoms with Crippen LogP contribution in [-0.4, -0.2) is 48.5 Å². The Kier molecular flexibility index (Phi) is 6.30. The summed E-state index contributed by atoms with van der Waals surface area (Å²) in [4.78, 5) is 41.3. The average molecular weight is 546 g/mol. The number of carbonyl (C=O) groups is 2. The normalized spacial score (nSPS) is 17.5. The number of fused-ring (bicyclic) bond motifs is 2. The lowest BCUT2D eigenvalue weighted by molar-refractivity contribution is 0.0728. The van der Waals surface area contributed by atoms with Gasteiger partial charge in [-0.05, 0) is 42.0 Å². The molecule has 1 aromatic carbocycles. The number of nitrogens with two attached hydrogens (primary N) is 2. The summed E-state index contributed by atoms with van der Waals surface area (Å²) in [6.07, 6.45) is 6.53. The molecule has 4 aromatic heterocycles. The Hall–Kier alpha value is -3.86. The molecule has 5 aromatic rings. The SMILES string of the molecule is Nc1nccc2cc(CCC(=O)c3csc([C@@H]4C[C@@H](N)CN4C(=O)c4cn5cc(Cl)ccc5n4)n3)ccc12. The van der Waals surface area contributed by atoms with E-state index in [0.29, 0.717) is 58.7 Å². The number of ketones is 1. The van der Waals surface area contributed by atoms with Gasteiger partial charge in [-0.1, -0.05) is 29.8 Å². The minimum atomic E-state index is -0.308. The molecule has 1 aliphatic heterocycles. The van der Waals surface area contributed by atoms with Gasteiger partial charge in [-0.25, -0.2) is 15.0 Å². The lowest BCUT2D eigenvalue weighted by Gasteiger charge is -2.21. The molecule has 5 heterocycles. The minimum absolute atomic E-state index is 0.0424. The van der Waals surface area contributed by atoms with Gasteiger partial charge in [-0.15, -0.1) is 11.3 Å². The summed E-state index contributed by atoms with van der Waals surface area (Å²) < 4.78 is 1.72. The van der Waals surface area contributed by atoms with E-state index in [1.807, 2.05) is 24.3 Å². The molecule has 1 aliphatic rings. The summed E-state index contributed by atoms with van der Waals surface area (Å²) in [6, 6.07) is 10.8. The molecule has 6 rings (SSSR count). The summed E-state index contributed by atoms with van der Waals surface area (Å²) >= 11 is 7.45. The highest BCUT2D eigenvalue weighted by Crippen LogP contribution is 2.35. The zero-order valence-corrected chi connectivity index (χ0v) is 21.8. The van der Waals surface area contributed by atoms with Gasteiger partial charge >= 0.3 is 0 Å². The van der Waals surface area contributed by atoms with Gasteiger partial charge in [-0.3, -0.25) is 9.59 Å². The number of thiazole rings is 1. The van der Waals surface area contributed by atoms with Crippen LogP contribution in [0, 0.1) is 0 Å². The Balaban J connectivity index is 1.17. The van der Waals surface area contributed by atoms with E-state index in [2.05, 4.69) is 15.0 Å². The second kappa shape index (κ2) is 9.79. The maximum absolute atomic E-state index is 13.4. The van der Waals surface area contributed by atoms with Crippen molar-refractivity contribution in [3.63, 3.8) is 0 Å². The third kappa shape index (κ3) is 4.62. The van der Waals surface area contributed by atoms with E-state index in [1.54, 1.807) is 45.4 Å². The van der Waals surface area contributed by atoms with Crippen molar-refractivity contribution in [1.29, 1.82) is 0 Å². The van der Waals surface area contributed by atoms with Crippen molar-refractivity contribution < 1.29 is 9.59 Å². The van der Waals surface area contributed by atoms with E-state index < -0.39 is 0 Å². The molecule has 1 fully saturated rings. The van der Waals surface area contributed by atoms with E-state index in [1.165, 1.54) is 11.3 Å². The first kappa shape index (κ1) is 24.5. The molecule has 1 saturated heterocycles. The molecule has 0 radical (unpaired) electrons. The van der Waals surface area contributed by atoms with E-state index in [0.717, 1.165) is 16.3 Å². The van der Waals surface area contributed by atoms with Gasteiger partial charge in [0.15, 0.2) is 5.78 Å². The molecule has 0 aliphatic carbocycles. The average Bonchev–Trinajstić information content (AvgIpc) is 3.65. The van der Waals surface area contributed by atoms with Crippen molar-refractivity contribution in [2.75, 3.05) is 12.3 Å². The first-order valence-corrected chi connectivity index (χ1v) is 13.4. The Morgan fingerprint density at radius 3 is 2.84 bits per heavy atom. The monoisotopic (exact) mass is 545 g/mol. The van der Waals surface area contributed by atoms with Gasteiger partial charge in [0.05, 0.1) is 11.1 Å². The summed E-state index contributed by atoms with van der Waals surface area (Å²) in [5, 5.41) is 4.92. The fourth-order valence-electron chi connectivity index (χ4n) is 4.90. The topological polar surface area (TPSA) is 132 Å². The number of likely N-dealkylation sites (tertiary alicyclic amines) is 1. The number of pyridine rings is 2. The van der Waals surface area contributed by atoms with E-state index in [4.69, 9.17) is 23.1 Å². The van der Waals surface area contributed by atoms with Gasteiger partial charge in [0.1, 0.15) is 27.9 Å². The molecule has 1 amide bonds. The number of anilines is 1. The van der Waals surface area contributed by atoms with E-state index in [-0.39, 0.29) is 23.8 Å². The molecule has 2 atom stereocenters. The van der Waals surface area contributed by atoms with Crippen molar-refractivity contribution in [2.45, 2.75) is 31.3 Å². The number of aromatic nitrogens is 4. The van der Waals surface area contributed by atoms with Crippen LogP contribution in [0.3, 0.4) is 0 Å². The first-order valence-electron chi connectivity index (χ1n) is 12.2. The van der Waals surface area contributed by atoms with Gasteiger partial charge in [0.2, 0.25) is 0 Å². The lowest BCUT2D eigenvalue weighted by Crippen LogP contribution is -2.33. The summed E-state index contributed by atoms with van der Waals surface area (Å²) in [6.45, 7) is 0.392. The number of imidazole rings is 1. The van der Waals surface area contributed by atoms with Crippen molar-refractivity contribution in [3.05, 3.63) is 87.4 Å². The lowest BCUT2D eigenvalue weighted by atomic mass is 10.0. The van der Waals surface area contributed by atoms with Crippen LogP contribution in [0.5, 0.6) is 0 Å². The standard InChI is InChI=1S/C27H24ClN7O2S/c28-17-3-6-24-32-20(13-34(24)11-17)27(37)35-12-18(29)10-22(35)26-33-21(14-38-26)23(36)5-2-15-1-4-19-16(9-15)7-8-31-25(19)30/h1,3-4,6-9,11,13-14,18,22H,2,5,10,12,29H2,(H2,30,31)/t18-,22+/m1/s1. The molecular formula is C27H24ClN7O2S. The Morgan fingerprint density at radius 1 is 1.11 bits per heavy atom. The second-order valence-corrected chi connectivity index (χ2v) is 10.8. The molecule has 38 heavy (non-hydrogen) atoms. The van der Waals surface area contributed by atoms with E-state index >= 15 is 0 Å². The number of amides is 1. The number of nitrogen functional groups attached to an aromatic ring is 1. The fraction of sp³-hybridized carbons (Fsp3) is 0.222. The summed E-state index contributed by atoms with van der Waals surface area (Å²) in [7, 11) is 0. The highest BCUT2D eigenvalue weighted by atomic mass is 35.5. The van der Waals surface area contributed by atoms with Gasteiger partial charge in [0.25, 0.3) is 5.91 Å². The van der Waals surface area contributed by atoms with Crippen LogP contribution in [0.25, 0.3) is 16.4 Å². The molecule has 192 valence electrons. The molecule has 11 heteroatoms. The number of hydrogen-bond acceptors (Lipinski definition) is 8. The minimum Gasteiger partial charge on any atom is -0.383 e. The number of Topliss-reactive ketones (excluding diaryl/α,β-unsaturated/α-hetero) is 1. The maximum atomic E-state index is 13.4. The van der Waals surface area contributed by atoms with Gasteiger partial charge < -0.3 is 20.8 Å². The smallest absolute Gasteiger partial charge is 0.274 e. The molecule has 0 unspecified atom stereocenters. The van der Waals surface area contributed by atoms with Crippen LogP contribution in [0.2, 0.25) is 5.02 Å².